The first kappa shape index (κ1) is 14.0. The summed E-state index contributed by atoms with van der Waals surface area (Å²) in [5.74, 6) is -1.44. The average Bonchev–Trinajstić information content (AvgIpc) is 2.61. The van der Waals surface area contributed by atoms with Crippen molar-refractivity contribution >= 4 is 17.7 Å². The molecule has 0 spiro atoms. The van der Waals surface area contributed by atoms with Gasteiger partial charge in [-0.1, -0.05) is 0 Å². The third-order valence-electron chi connectivity index (χ3n) is 2.44. The van der Waals surface area contributed by atoms with E-state index < -0.39 is 11.9 Å². The van der Waals surface area contributed by atoms with Crippen LogP contribution in [0.1, 0.15) is 39.0 Å². The fourth-order valence-corrected chi connectivity index (χ4v) is 1.60. The molecule has 1 aromatic heterocycles. The van der Waals surface area contributed by atoms with Gasteiger partial charge in [-0.25, -0.2) is 9.59 Å². The molecule has 0 saturated heterocycles. The van der Waals surface area contributed by atoms with Crippen LogP contribution >= 0.6 is 0 Å². The van der Waals surface area contributed by atoms with Crippen molar-refractivity contribution in [2.45, 2.75) is 20.8 Å². The molecule has 1 aromatic rings. The Morgan fingerprint density at radius 1 is 1.17 bits per heavy atom. The van der Waals surface area contributed by atoms with Gasteiger partial charge in [-0.15, -0.1) is 0 Å². The molecule has 0 amide bonds. The lowest BCUT2D eigenvalue weighted by molar-refractivity contribution is -0.120. The van der Waals surface area contributed by atoms with E-state index >= 15 is 0 Å². The minimum Gasteiger partial charge on any atom is -0.465 e. The SMILES string of the molecule is COC(=O)c1c(C)[nH]c(C(=O)OCC(C)=O)c1C. The average molecular weight is 253 g/mol. The molecule has 6 nitrogen and oxygen atoms in total. The van der Waals surface area contributed by atoms with Gasteiger partial charge in [-0.05, 0) is 26.3 Å². The van der Waals surface area contributed by atoms with Crippen LogP contribution in [0.2, 0.25) is 0 Å². The van der Waals surface area contributed by atoms with E-state index in [-0.39, 0.29) is 18.1 Å². The number of methoxy groups -OCH3 is 1. The minimum atomic E-state index is -0.666. The van der Waals surface area contributed by atoms with Gasteiger partial charge in [0.25, 0.3) is 0 Å². The van der Waals surface area contributed by atoms with Crippen molar-refractivity contribution in [1.29, 1.82) is 0 Å². The van der Waals surface area contributed by atoms with E-state index in [4.69, 9.17) is 4.74 Å². The van der Waals surface area contributed by atoms with Crippen LogP contribution in [0.5, 0.6) is 0 Å². The highest BCUT2D eigenvalue weighted by atomic mass is 16.5. The molecule has 0 fully saturated rings. The van der Waals surface area contributed by atoms with Gasteiger partial charge >= 0.3 is 11.9 Å². The van der Waals surface area contributed by atoms with E-state index in [1.54, 1.807) is 13.8 Å². The number of aromatic amines is 1. The second kappa shape index (κ2) is 5.48. The Morgan fingerprint density at radius 3 is 2.28 bits per heavy atom. The van der Waals surface area contributed by atoms with Crippen LogP contribution < -0.4 is 0 Å². The van der Waals surface area contributed by atoms with Crippen molar-refractivity contribution in [3.63, 3.8) is 0 Å². The molecule has 6 heteroatoms. The van der Waals surface area contributed by atoms with Crippen LogP contribution in [-0.2, 0) is 14.3 Å². The van der Waals surface area contributed by atoms with E-state index in [1.165, 1.54) is 14.0 Å². The highest BCUT2D eigenvalue weighted by molar-refractivity contribution is 5.98. The third-order valence-corrected chi connectivity index (χ3v) is 2.44. The number of aryl methyl sites for hydroxylation is 1. The Kier molecular flexibility index (Phi) is 4.25. The number of carbonyl (C=O) groups excluding carboxylic acids is 3. The van der Waals surface area contributed by atoms with Crippen LogP contribution in [0.15, 0.2) is 0 Å². The standard InChI is InChI=1S/C12H15NO5/c1-6(14)5-18-12(16)10-7(2)9(8(3)13-10)11(15)17-4/h13H,5H2,1-4H3. The van der Waals surface area contributed by atoms with Gasteiger partial charge in [-0.3, -0.25) is 4.79 Å². The largest absolute Gasteiger partial charge is 0.465 e. The first-order chi connectivity index (χ1) is 8.38. The zero-order valence-electron chi connectivity index (χ0n) is 10.7. The van der Waals surface area contributed by atoms with Crippen LogP contribution in [0.25, 0.3) is 0 Å². The number of ether oxygens (including phenoxy) is 2. The van der Waals surface area contributed by atoms with Gasteiger partial charge < -0.3 is 14.5 Å². The number of aromatic nitrogens is 1. The number of carbonyl (C=O) groups is 3. The second-order valence-electron chi connectivity index (χ2n) is 3.89. The Hall–Kier alpha value is -2.11. The Labute approximate surface area is 104 Å². The zero-order chi connectivity index (χ0) is 13.9. The molecule has 0 radical (unpaired) electrons. The summed E-state index contributed by atoms with van der Waals surface area (Å²) in [5.41, 5.74) is 1.45. The number of hydrogen-bond donors (Lipinski definition) is 1. The topological polar surface area (TPSA) is 85.5 Å². The number of H-pyrrole nitrogens is 1. The van der Waals surface area contributed by atoms with E-state index in [9.17, 15) is 14.4 Å². The Balaban J connectivity index is 3.01. The molecule has 18 heavy (non-hydrogen) atoms. The molecular weight excluding hydrogens is 238 g/mol. The highest BCUT2D eigenvalue weighted by Crippen LogP contribution is 2.19. The zero-order valence-corrected chi connectivity index (χ0v) is 10.7. The molecule has 0 atom stereocenters. The molecule has 0 bridgehead atoms. The van der Waals surface area contributed by atoms with Gasteiger partial charge in [0.2, 0.25) is 0 Å². The summed E-state index contributed by atoms with van der Waals surface area (Å²) < 4.78 is 9.40. The number of Topliss-reactive ketones (excluding diaryl/α,β-unsaturated/α-hetero) is 1. The molecule has 0 aliphatic heterocycles. The van der Waals surface area contributed by atoms with Crippen molar-refractivity contribution in [2.75, 3.05) is 13.7 Å². The lowest BCUT2D eigenvalue weighted by Gasteiger charge is -2.02. The van der Waals surface area contributed by atoms with Crippen LogP contribution in [0.3, 0.4) is 0 Å². The molecule has 1 heterocycles. The maximum atomic E-state index is 11.7. The second-order valence-corrected chi connectivity index (χ2v) is 3.89. The number of hydrogen-bond acceptors (Lipinski definition) is 5. The monoisotopic (exact) mass is 253 g/mol. The van der Waals surface area contributed by atoms with Gasteiger partial charge in [-0.2, -0.15) is 0 Å². The Bertz CT molecular complexity index is 501. The van der Waals surface area contributed by atoms with Gasteiger partial charge in [0.15, 0.2) is 5.78 Å². The maximum Gasteiger partial charge on any atom is 0.355 e. The summed E-state index contributed by atoms with van der Waals surface area (Å²) in [6, 6.07) is 0. The van der Waals surface area contributed by atoms with Gasteiger partial charge in [0.1, 0.15) is 12.3 Å². The van der Waals surface area contributed by atoms with E-state index in [0.29, 0.717) is 16.8 Å². The predicted molar refractivity (Wildman–Crippen MR) is 62.6 cm³/mol. The normalized spacial score (nSPS) is 10.0. The van der Waals surface area contributed by atoms with Crippen molar-refractivity contribution in [3.05, 3.63) is 22.5 Å². The molecular formula is C12H15NO5. The number of nitrogens with one attached hydrogen (secondary N) is 1. The summed E-state index contributed by atoms with van der Waals surface area (Å²) in [5, 5.41) is 0. The Morgan fingerprint density at radius 2 is 1.78 bits per heavy atom. The molecule has 0 aliphatic rings. The molecule has 0 saturated carbocycles. The molecule has 98 valence electrons. The van der Waals surface area contributed by atoms with Crippen molar-refractivity contribution in [1.82, 2.24) is 4.98 Å². The van der Waals surface area contributed by atoms with Crippen molar-refractivity contribution in [2.24, 2.45) is 0 Å². The first-order valence-electron chi connectivity index (χ1n) is 5.32. The molecule has 0 aromatic carbocycles. The lowest BCUT2D eigenvalue weighted by atomic mass is 10.1. The fraction of sp³-hybridized carbons (Fsp3) is 0.417. The number of esters is 2. The minimum absolute atomic E-state index is 0.161. The molecule has 0 unspecified atom stereocenters. The van der Waals surface area contributed by atoms with E-state index in [0.717, 1.165) is 0 Å². The summed E-state index contributed by atoms with van der Waals surface area (Å²) in [6.45, 7) is 4.30. The van der Waals surface area contributed by atoms with Crippen molar-refractivity contribution in [3.8, 4) is 0 Å². The predicted octanol–water partition coefficient (Wildman–Crippen LogP) is 1.16. The quantitative estimate of drug-likeness (QED) is 0.814. The fourth-order valence-electron chi connectivity index (χ4n) is 1.60. The molecule has 1 N–H and O–H groups in total. The smallest absolute Gasteiger partial charge is 0.355 e. The molecule has 0 aliphatic carbocycles. The maximum absolute atomic E-state index is 11.7. The van der Waals surface area contributed by atoms with Crippen LogP contribution in [0.4, 0.5) is 0 Å². The van der Waals surface area contributed by atoms with E-state index in [2.05, 4.69) is 9.72 Å². The number of ketones is 1. The van der Waals surface area contributed by atoms with Gasteiger partial charge in [0.05, 0.1) is 12.7 Å². The summed E-state index contributed by atoms with van der Waals surface area (Å²) in [7, 11) is 1.27. The van der Waals surface area contributed by atoms with Gasteiger partial charge in [0, 0.05) is 5.69 Å². The third kappa shape index (κ3) is 2.77. The molecule has 1 rings (SSSR count). The summed E-state index contributed by atoms with van der Waals surface area (Å²) >= 11 is 0. The first-order valence-corrected chi connectivity index (χ1v) is 5.32. The highest BCUT2D eigenvalue weighted by Gasteiger charge is 2.23. The van der Waals surface area contributed by atoms with Crippen LogP contribution in [-0.4, -0.2) is 36.4 Å². The summed E-state index contributed by atoms with van der Waals surface area (Å²) in [6.07, 6.45) is 0. The van der Waals surface area contributed by atoms with Crippen molar-refractivity contribution < 1.29 is 23.9 Å². The summed E-state index contributed by atoms with van der Waals surface area (Å²) in [4.78, 5) is 36.7. The lowest BCUT2D eigenvalue weighted by Crippen LogP contribution is -2.13. The number of rotatable bonds is 4. The van der Waals surface area contributed by atoms with Crippen LogP contribution in [0, 0.1) is 13.8 Å². The van der Waals surface area contributed by atoms with E-state index in [1.807, 2.05) is 0 Å².